The second kappa shape index (κ2) is 6.68. The van der Waals surface area contributed by atoms with E-state index in [0.717, 1.165) is 6.20 Å². The molecule has 0 amide bonds. The Balaban J connectivity index is 0.000000423. The summed E-state index contributed by atoms with van der Waals surface area (Å²) in [5.74, 6) is -1.20. The molecule has 0 bridgehead atoms. The molecule has 0 aromatic carbocycles. The van der Waals surface area contributed by atoms with Gasteiger partial charge in [-0.05, 0) is 0 Å². The molecule has 0 saturated heterocycles. The molecule has 0 radical (unpaired) electrons. The molecule has 0 spiro atoms. The number of rotatable bonds is 2. The zero-order valence-electron chi connectivity index (χ0n) is 8.25. The molecule has 84 valence electrons. The molecule has 7 nitrogen and oxygen atoms in total. The quantitative estimate of drug-likeness (QED) is 0.414. The van der Waals surface area contributed by atoms with Crippen LogP contribution in [0.15, 0.2) is 12.4 Å². The fraction of sp³-hybridized carbons (Fsp3) is 0.375. The van der Waals surface area contributed by atoms with Crippen molar-refractivity contribution in [2.45, 2.75) is 6.92 Å². The molecule has 0 unspecified atom stereocenters. The zero-order chi connectivity index (χ0) is 11.8. The standard InChI is InChI=1S/C6H6N2O3.C2H7NO/c1-4-2-7-5(6(9)10)3-8(4)11;3-1-2-4/h2-3H,1H3,(H,9,10);4H,1-3H2. The van der Waals surface area contributed by atoms with E-state index in [1.807, 2.05) is 0 Å². The number of hydrogen-bond acceptors (Lipinski definition) is 5. The minimum Gasteiger partial charge on any atom is -0.618 e. The van der Waals surface area contributed by atoms with Crippen molar-refractivity contribution in [3.63, 3.8) is 0 Å². The van der Waals surface area contributed by atoms with E-state index in [-0.39, 0.29) is 12.3 Å². The van der Waals surface area contributed by atoms with Crippen molar-refractivity contribution < 1.29 is 19.7 Å². The van der Waals surface area contributed by atoms with Gasteiger partial charge in [0, 0.05) is 13.5 Å². The summed E-state index contributed by atoms with van der Waals surface area (Å²) in [7, 11) is 0. The molecule has 1 heterocycles. The van der Waals surface area contributed by atoms with Gasteiger partial charge in [-0.15, -0.1) is 0 Å². The number of nitrogens with zero attached hydrogens (tertiary/aromatic N) is 2. The van der Waals surface area contributed by atoms with Crippen LogP contribution in [-0.4, -0.2) is 34.3 Å². The number of aromatic carboxylic acids is 1. The maximum absolute atomic E-state index is 10.8. The normalized spacial score (nSPS) is 9.00. The van der Waals surface area contributed by atoms with Gasteiger partial charge in [0.2, 0.25) is 17.6 Å². The molecule has 7 heteroatoms. The third kappa shape index (κ3) is 4.89. The molecule has 1 aromatic rings. The highest BCUT2D eigenvalue weighted by Gasteiger charge is 2.09. The summed E-state index contributed by atoms with van der Waals surface area (Å²) in [6.45, 7) is 2.02. The molecule has 0 aliphatic heterocycles. The monoisotopic (exact) mass is 215 g/mol. The van der Waals surface area contributed by atoms with Gasteiger partial charge < -0.3 is 21.2 Å². The first-order valence-corrected chi connectivity index (χ1v) is 4.13. The maximum Gasteiger partial charge on any atom is 0.360 e. The molecule has 0 saturated carbocycles. The lowest BCUT2D eigenvalue weighted by molar-refractivity contribution is -0.613. The predicted molar refractivity (Wildman–Crippen MR) is 51.0 cm³/mol. The summed E-state index contributed by atoms with van der Waals surface area (Å²) in [6.07, 6.45) is 2.15. The van der Waals surface area contributed by atoms with Crippen molar-refractivity contribution in [1.82, 2.24) is 4.98 Å². The lowest BCUT2D eigenvalue weighted by Crippen LogP contribution is -2.31. The van der Waals surface area contributed by atoms with E-state index in [0.29, 0.717) is 17.0 Å². The Hall–Kier alpha value is -1.73. The molecular weight excluding hydrogens is 202 g/mol. The first-order chi connectivity index (χ1) is 7.02. The molecule has 15 heavy (non-hydrogen) atoms. The highest BCUT2D eigenvalue weighted by atomic mass is 16.5. The van der Waals surface area contributed by atoms with Crippen molar-refractivity contribution in [2.24, 2.45) is 5.73 Å². The number of hydrogen-bond donors (Lipinski definition) is 3. The lowest BCUT2D eigenvalue weighted by atomic mass is 10.4. The fourth-order valence-corrected chi connectivity index (χ4v) is 0.577. The van der Waals surface area contributed by atoms with Gasteiger partial charge in [-0.3, -0.25) is 0 Å². The van der Waals surface area contributed by atoms with Crippen LogP contribution >= 0.6 is 0 Å². The van der Waals surface area contributed by atoms with Crippen molar-refractivity contribution >= 4 is 5.97 Å². The van der Waals surface area contributed by atoms with E-state index >= 15 is 0 Å². The van der Waals surface area contributed by atoms with Gasteiger partial charge in [0.25, 0.3) is 0 Å². The summed E-state index contributed by atoms with van der Waals surface area (Å²) < 4.78 is 0.469. The fourth-order valence-electron chi connectivity index (χ4n) is 0.577. The molecule has 0 aliphatic rings. The number of aliphatic hydroxyl groups is 1. The topological polar surface area (TPSA) is 123 Å². The Bertz CT molecular complexity index is 328. The van der Waals surface area contributed by atoms with Crippen LogP contribution in [0.25, 0.3) is 0 Å². The predicted octanol–water partition coefficient (Wildman–Crippen LogP) is -1.34. The van der Waals surface area contributed by atoms with Crippen molar-refractivity contribution in [3.8, 4) is 0 Å². The van der Waals surface area contributed by atoms with E-state index in [2.05, 4.69) is 4.98 Å². The molecule has 1 rings (SSSR count). The smallest absolute Gasteiger partial charge is 0.360 e. The number of nitrogens with two attached hydrogens (primary N) is 1. The Morgan fingerprint density at radius 2 is 2.27 bits per heavy atom. The van der Waals surface area contributed by atoms with Gasteiger partial charge in [0.15, 0.2) is 0 Å². The highest BCUT2D eigenvalue weighted by Crippen LogP contribution is 1.90. The SMILES string of the molecule is Cc1cnc(C(=O)O)c[n+]1[O-].NCCO. The Morgan fingerprint density at radius 1 is 1.73 bits per heavy atom. The van der Waals surface area contributed by atoms with E-state index < -0.39 is 5.97 Å². The van der Waals surface area contributed by atoms with Crippen LogP contribution in [0.3, 0.4) is 0 Å². The number of carboxylic acids is 1. The summed E-state index contributed by atoms with van der Waals surface area (Å²) in [5.41, 5.74) is 4.90. The highest BCUT2D eigenvalue weighted by molar-refractivity contribution is 5.84. The largest absolute Gasteiger partial charge is 0.618 e. The van der Waals surface area contributed by atoms with Gasteiger partial charge >= 0.3 is 5.97 Å². The van der Waals surface area contributed by atoms with Gasteiger partial charge in [0.05, 0.1) is 12.8 Å². The van der Waals surface area contributed by atoms with Crippen LogP contribution in [0.4, 0.5) is 0 Å². The average molecular weight is 215 g/mol. The molecule has 1 aromatic heterocycles. The summed E-state index contributed by atoms with van der Waals surface area (Å²) in [5, 5.41) is 26.9. The third-order valence-corrected chi connectivity index (χ3v) is 1.33. The Kier molecular flexibility index (Phi) is 5.91. The second-order valence-electron chi connectivity index (χ2n) is 2.56. The molecule has 4 N–H and O–H groups in total. The Labute approximate surface area is 86.4 Å². The van der Waals surface area contributed by atoms with E-state index in [1.54, 1.807) is 6.92 Å². The minimum atomic E-state index is -1.20. The Morgan fingerprint density at radius 3 is 2.60 bits per heavy atom. The first-order valence-electron chi connectivity index (χ1n) is 4.13. The number of aliphatic hydroxyl groups excluding tert-OH is 1. The summed E-state index contributed by atoms with van der Waals surface area (Å²) in [4.78, 5) is 13.8. The number of carboxylic acid groups (broad SMARTS) is 1. The third-order valence-electron chi connectivity index (χ3n) is 1.33. The lowest BCUT2D eigenvalue weighted by Gasteiger charge is -1.98. The molecule has 0 atom stereocenters. The van der Waals surface area contributed by atoms with Crippen LogP contribution in [-0.2, 0) is 0 Å². The van der Waals surface area contributed by atoms with Crippen LogP contribution in [0.2, 0.25) is 0 Å². The van der Waals surface area contributed by atoms with E-state index in [1.165, 1.54) is 6.20 Å². The van der Waals surface area contributed by atoms with Crippen LogP contribution in [0, 0.1) is 12.1 Å². The van der Waals surface area contributed by atoms with Gasteiger partial charge in [0.1, 0.15) is 0 Å². The first kappa shape index (κ1) is 13.3. The van der Waals surface area contributed by atoms with E-state index in [4.69, 9.17) is 15.9 Å². The van der Waals surface area contributed by atoms with Crippen LogP contribution < -0.4 is 10.5 Å². The van der Waals surface area contributed by atoms with Crippen molar-refractivity contribution in [1.29, 1.82) is 0 Å². The average Bonchev–Trinajstić information content (AvgIpc) is 2.22. The zero-order valence-corrected chi connectivity index (χ0v) is 8.25. The van der Waals surface area contributed by atoms with Gasteiger partial charge in [-0.25, -0.2) is 9.78 Å². The minimum absolute atomic E-state index is 0.0972. The second-order valence-corrected chi connectivity index (χ2v) is 2.56. The number of carbonyl (C=O) groups is 1. The number of aryl methyl sites for hydroxylation is 1. The van der Waals surface area contributed by atoms with E-state index in [9.17, 15) is 10.0 Å². The molecule has 0 aliphatic carbocycles. The van der Waals surface area contributed by atoms with Crippen LogP contribution in [0.1, 0.15) is 16.2 Å². The van der Waals surface area contributed by atoms with Gasteiger partial charge in [-0.2, -0.15) is 4.73 Å². The van der Waals surface area contributed by atoms with Crippen molar-refractivity contribution in [2.75, 3.05) is 13.2 Å². The summed E-state index contributed by atoms with van der Waals surface area (Å²) >= 11 is 0. The molecule has 0 fully saturated rings. The maximum atomic E-state index is 10.8. The summed E-state index contributed by atoms with van der Waals surface area (Å²) in [6, 6.07) is 0. The number of aromatic nitrogens is 2. The van der Waals surface area contributed by atoms with Crippen LogP contribution in [0.5, 0.6) is 0 Å². The molecular formula is C8H13N3O4. The van der Waals surface area contributed by atoms with Crippen molar-refractivity contribution in [3.05, 3.63) is 29.0 Å². The van der Waals surface area contributed by atoms with Gasteiger partial charge in [-0.1, -0.05) is 0 Å².